The van der Waals surface area contributed by atoms with Gasteiger partial charge in [0.15, 0.2) is 0 Å². The Balaban J connectivity index is 2.35. The maximum atomic E-state index is 6.07. The van der Waals surface area contributed by atoms with Gasteiger partial charge in [-0.2, -0.15) is 0 Å². The molecule has 0 spiro atoms. The molecule has 2 nitrogen and oxygen atoms in total. The van der Waals surface area contributed by atoms with Crippen LogP contribution in [-0.4, -0.2) is 19.2 Å². The molecule has 1 aromatic carbocycles. The Labute approximate surface area is 116 Å². The second-order valence-corrected chi connectivity index (χ2v) is 4.83. The van der Waals surface area contributed by atoms with E-state index in [1.807, 2.05) is 18.2 Å². The first-order chi connectivity index (χ1) is 8.71. The van der Waals surface area contributed by atoms with E-state index in [1.165, 1.54) is 0 Å². The molecule has 0 saturated heterocycles. The quantitative estimate of drug-likeness (QED) is 0.719. The molecular weight excluding hydrogens is 246 g/mol. The molecule has 1 aromatic rings. The molecule has 0 amide bonds. The molecule has 0 fully saturated rings. The lowest BCUT2D eigenvalue weighted by molar-refractivity contribution is 0.302. The van der Waals surface area contributed by atoms with Crippen molar-refractivity contribution in [3.05, 3.63) is 28.8 Å². The lowest BCUT2D eigenvalue weighted by atomic mass is 10.1. The highest BCUT2D eigenvalue weighted by atomic mass is 35.5. The van der Waals surface area contributed by atoms with Crippen molar-refractivity contribution in [1.29, 1.82) is 0 Å². The van der Waals surface area contributed by atoms with E-state index in [1.54, 1.807) is 0 Å². The van der Waals surface area contributed by atoms with Crippen LogP contribution in [0.3, 0.4) is 0 Å². The van der Waals surface area contributed by atoms with Gasteiger partial charge in [0.05, 0.1) is 0 Å². The molecular formula is C15H24ClNO. The van der Waals surface area contributed by atoms with Crippen LogP contribution in [0.2, 0.25) is 5.02 Å². The van der Waals surface area contributed by atoms with Crippen LogP contribution in [0.1, 0.15) is 39.2 Å². The molecule has 18 heavy (non-hydrogen) atoms. The topological polar surface area (TPSA) is 21.3 Å². The van der Waals surface area contributed by atoms with Crippen LogP contribution in [0.15, 0.2) is 18.2 Å². The fourth-order valence-electron chi connectivity index (χ4n) is 1.92. The second kappa shape index (κ2) is 8.39. The predicted molar refractivity (Wildman–Crippen MR) is 78.7 cm³/mol. The monoisotopic (exact) mass is 269 g/mol. The van der Waals surface area contributed by atoms with Crippen molar-refractivity contribution < 1.29 is 4.74 Å². The minimum atomic E-state index is 0.602. The number of benzene rings is 1. The minimum Gasteiger partial charge on any atom is -0.492 e. The molecule has 0 aliphatic heterocycles. The molecule has 0 radical (unpaired) electrons. The van der Waals surface area contributed by atoms with E-state index >= 15 is 0 Å². The third-order valence-electron chi connectivity index (χ3n) is 3.19. The van der Waals surface area contributed by atoms with E-state index in [0.29, 0.717) is 12.6 Å². The first-order valence-electron chi connectivity index (χ1n) is 6.85. The molecule has 0 bridgehead atoms. The summed E-state index contributed by atoms with van der Waals surface area (Å²) in [4.78, 5) is 0. The number of ether oxygens (including phenoxy) is 1. The molecule has 1 N–H and O–H groups in total. The summed E-state index contributed by atoms with van der Waals surface area (Å²) in [7, 11) is 0. The Hall–Kier alpha value is -0.730. The zero-order chi connectivity index (χ0) is 13.4. The zero-order valence-electron chi connectivity index (χ0n) is 11.6. The maximum absolute atomic E-state index is 6.07. The zero-order valence-corrected chi connectivity index (χ0v) is 12.4. The van der Waals surface area contributed by atoms with Gasteiger partial charge in [-0.05, 0) is 43.0 Å². The molecule has 0 atom stereocenters. The number of hydrogen-bond acceptors (Lipinski definition) is 2. The molecule has 0 aliphatic rings. The number of aryl methyl sites for hydroxylation is 1. The van der Waals surface area contributed by atoms with Crippen molar-refractivity contribution in [2.24, 2.45) is 0 Å². The molecule has 0 unspecified atom stereocenters. The van der Waals surface area contributed by atoms with Crippen molar-refractivity contribution in [3.8, 4) is 5.75 Å². The summed E-state index contributed by atoms with van der Waals surface area (Å²) >= 11 is 6.07. The molecule has 1 rings (SSSR count). The van der Waals surface area contributed by atoms with Crippen LogP contribution in [0.4, 0.5) is 0 Å². The Morgan fingerprint density at radius 2 is 1.94 bits per heavy atom. The molecule has 0 saturated carbocycles. The predicted octanol–water partition coefficient (Wildman–Crippen LogP) is 4.06. The summed E-state index contributed by atoms with van der Waals surface area (Å²) < 4.78 is 5.72. The SMILES string of the molecule is CCc1cc(OCCNC(CC)CC)ccc1Cl. The Morgan fingerprint density at radius 3 is 2.56 bits per heavy atom. The highest BCUT2D eigenvalue weighted by molar-refractivity contribution is 6.31. The van der Waals surface area contributed by atoms with Gasteiger partial charge in [0.25, 0.3) is 0 Å². The Kier molecular flexibility index (Phi) is 7.14. The van der Waals surface area contributed by atoms with E-state index in [4.69, 9.17) is 16.3 Å². The molecule has 0 aromatic heterocycles. The van der Waals surface area contributed by atoms with Gasteiger partial charge in [-0.25, -0.2) is 0 Å². The minimum absolute atomic E-state index is 0.602. The van der Waals surface area contributed by atoms with E-state index < -0.39 is 0 Å². The fourth-order valence-corrected chi connectivity index (χ4v) is 2.17. The van der Waals surface area contributed by atoms with Gasteiger partial charge >= 0.3 is 0 Å². The van der Waals surface area contributed by atoms with Crippen molar-refractivity contribution in [2.75, 3.05) is 13.2 Å². The first kappa shape index (κ1) is 15.3. The molecule has 0 heterocycles. The summed E-state index contributed by atoms with van der Waals surface area (Å²) in [6.07, 6.45) is 3.26. The summed E-state index contributed by atoms with van der Waals surface area (Å²) in [5.74, 6) is 0.905. The normalized spacial score (nSPS) is 10.9. The molecule has 0 aliphatic carbocycles. The standard InChI is InChI=1S/C15H24ClNO/c1-4-12-11-14(7-8-15(12)16)18-10-9-17-13(5-2)6-3/h7-8,11,13,17H,4-6,9-10H2,1-3H3. The largest absolute Gasteiger partial charge is 0.492 e. The third kappa shape index (κ3) is 4.87. The van der Waals surface area contributed by atoms with Crippen LogP contribution >= 0.6 is 11.6 Å². The number of halogens is 1. The third-order valence-corrected chi connectivity index (χ3v) is 3.56. The number of rotatable bonds is 8. The van der Waals surface area contributed by atoms with Crippen LogP contribution in [0.5, 0.6) is 5.75 Å². The lowest BCUT2D eigenvalue weighted by Gasteiger charge is -2.15. The van der Waals surface area contributed by atoms with Gasteiger partial charge in [-0.3, -0.25) is 0 Å². The second-order valence-electron chi connectivity index (χ2n) is 4.42. The van der Waals surface area contributed by atoms with Crippen molar-refractivity contribution in [1.82, 2.24) is 5.32 Å². The van der Waals surface area contributed by atoms with Gasteiger partial charge in [0, 0.05) is 17.6 Å². The maximum Gasteiger partial charge on any atom is 0.119 e. The van der Waals surface area contributed by atoms with E-state index in [9.17, 15) is 0 Å². The Bertz CT molecular complexity index is 350. The highest BCUT2D eigenvalue weighted by Gasteiger charge is 2.03. The molecule has 3 heteroatoms. The van der Waals surface area contributed by atoms with Crippen LogP contribution in [0, 0.1) is 0 Å². The van der Waals surface area contributed by atoms with Crippen molar-refractivity contribution in [3.63, 3.8) is 0 Å². The van der Waals surface area contributed by atoms with Crippen LogP contribution in [0.25, 0.3) is 0 Å². The van der Waals surface area contributed by atoms with Gasteiger partial charge in [-0.1, -0.05) is 32.4 Å². The highest BCUT2D eigenvalue weighted by Crippen LogP contribution is 2.22. The van der Waals surface area contributed by atoms with E-state index in [2.05, 4.69) is 26.1 Å². The average Bonchev–Trinajstić information content (AvgIpc) is 2.40. The summed E-state index contributed by atoms with van der Waals surface area (Å²) in [6.45, 7) is 8.08. The average molecular weight is 270 g/mol. The van der Waals surface area contributed by atoms with Crippen LogP contribution in [-0.2, 0) is 6.42 Å². The van der Waals surface area contributed by atoms with Crippen molar-refractivity contribution in [2.45, 2.75) is 46.1 Å². The smallest absolute Gasteiger partial charge is 0.119 e. The van der Waals surface area contributed by atoms with Gasteiger partial charge in [-0.15, -0.1) is 0 Å². The summed E-state index contributed by atoms with van der Waals surface area (Å²) in [6, 6.07) is 6.47. The van der Waals surface area contributed by atoms with Gasteiger partial charge in [0.2, 0.25) is 0 Å². The van der Waals surface area contributed by atoms with E-state index in [0.717, 1.165) is 42.1 Å². The first-order valence-corrected chi connectivity index (χ1v) is 7.23. The van der Waals surface area contributed by atoms with Crippen LogP contribution < -0.4 is 10.1 Å². The Morgan fingerprint density at radius 1 is 1.22 bits per heavy atom. The lowest BCUT2D eigenvalue weighted by Crippen LogP contribution is -2.31. The fraction of sp³-hybridized carbons (Fsp3) is 0.600. The molecule has 102 valence electrons. The number of nitrogens with one attached hydrogen (secondary N) is 1. The van der Waals surface area contributed by atoms with Gasteiger partial charge < -0.3 is 10.1 Å². The van der Waals surface area contributed by atoms with Gasteiger partial charge in [0.1, 0.15) is 12.4 Å². The van der Waals surface area contributed by atoms with E-state index in [-0.39, 0.29) is 0 Å². The van der Waals surface area contributed by atoms with Crippen molar-refractivity contribution >= 4 is 11.6 Å². The summed E-state index contributed by atoms with van der Waals surface area (Å²) in [5, 5.41) is 4.30. The summed E-state index contributed by atoms with van der Waals surface area (Å²) in [5.41, 5.74) is 1.14. The number of hydrogen-bond donors (Lipinski definition) is 1.